The second-order valence-electron chi connectivity index (χ2n) is 5.45. The first kappa shape index (κ1) is 16.2. The molecular formula is C18H31N. The largest absolute Gasteiger partial charge is 0.310 e. The zero-order valence-corrected chi connectivity index (χ0v) is 13.0. The maximum Gasteiger partial charge on any atom is 0.0320 e. The number of rotatable bonds is 10. The molecule has 1 unspecified atom stereocenters. The molecule has 0 aliphatic heterocycles. The molecule has 1 rings (SSSR count). The monoisotopic (exact) mass is 261 g/mol. The first-order valence-corrected chi connectivity index (χ1v) is 8.14. The van der Waals surface area contributed by atoms with E-state index in [-0.39, 0.29) is 0 Å². The van der Waals surface area contributed by atoms with Crippen LogP contribution in [0.15, 0.2) is 24.3 Å². The summed E-state index contributed by atoms with van der Waals surface area (Å²) in [6, 6.07) is 9.78. The molecule has 0 aromatic heterocycles. The molecule has 1 nitrogen and oxygen atoms in total. The van der Waals surface area contributed by atoms with Gasteiger partial charge in [-0.3, -0.25) is 0 Å². The molecule has 108 valence electrons. The molecule has 0 saturated carbocycles. The van der Waals surface area contributed by atoms with Crippen LogP contribution in [0.2, 0.25) is 0 Å². The minimum atomic E-state index is 0.539. The molecule has 0 aliphatic carbocycles. The summed E-state index contributed by atoms with van der Waals surface area (Å²) < 4.78 is 0. The predicted molar refractivity (Wildman–Crippen MR) is 85.6 cm³/mol. The van der Waals surface area contributed by atoms with Crippen LogP contribution in [0.1, 0.15) is 76.5 Å². The Hall–Kier alpha value is -0.820. The smallest absolute Gasteiger partial charge is 0.0320 e. The lowest BCUT2D eigenvalue weighted by atomic mass is 9.98. The van der Waals surface area contributed by atoms with E-state index < -0.39 is 0 Å². The third-order valence-electron chi connectivity index (χ3n) is 3.72. The van der Waals surface area contributed by atoms with Crippen molar-refractivity contribution in [1.29, 1.82) is 0 Å². The van der Waals surface area contributed by atoms with E-state index in [9.17, 15) is 0 Å². The van der Waals surface area contributed by atoms with Crippen molar-refractivity contribution < 1.29 is 0 Å². The van der Waals surface area contributed by atoms with Crippen LogP contribution in [0.3, 0.4) is 0 Å². The van der Waals surface area contributed by atoms with Gasteiger partial charge in [0, 0.05) is 6.04 Å². The average Bonchev–Trinajstić information content (AvgIpc) is 2.44. The van der Waals surface area contributed by atoms with E-state index in [1.807, 2.05) is 0 Å². The topological polar surface area (TPSA) is 12.0 Å². The first-order chi connectivity index (χ1) is 9.31. The fourth-order valence-corrected chi connectivity index (χ4v) is 2.61. The average molecular weight is 261 g/mol. The predicted octanol–water partition coefficient (Wildman–Crippen LogP) is 5.26. The Balaban J connectivity index is 2.53. The lowest BCUT2D eigenvalue weighted by molar-refractivity contribution is 0.481. The van der Waals surface area contributed by atoms with Crippen molar-refractivity contribution in [2.45, 2.75) is 71.8 Å². The van der Waals surface area contributed by atoms with Gasteiger partial charge in [-0.1, -0.05) is 77.1 Å². The van der Waals surface area contributed by atoms with Crippen molar-refractivity contribution in [2.75, 3.05) is 6.54 Å². The highest BCUT2D eigenvalue weighted by molar-refractivity contribution is 5.25. The Morgan fingerprint density at radius 2 is 1.63 bits per heavy atom. The minimum Gasteiger partial charge on any atom is -0.310 e. The Morgan fingerprint density at radius 3 is 2.21 bits per heavy atom. The lowest BCUT2D eigenvalue weighted by Crippen LogP contribution is -2.20. The lowest BCUT2D eigenvalue weighted by Gasteiger charge is -2.18. The van der Waals surface area contributed by atoms with Gasteiger partial charge in [-0.25, -0.2) is 0 Å². The Morgan fingerprint density at radius 1 is 0.895 bits per heavy atom. The first-order valence-electron chi connectivity index (χ1n) is 8.14. The van der Waals surface area contributed by atoms with Crippen molar-refractivity contribution in [3.63, 3.8) is 0 Å². The molecule has 0 spiro atoms. The molecule has 0 radical (unpaired) electrons. The minimum absolute atomic E-state index is 0.539. The van der Waals surface area contributed by atoms with E-state index in [1.54, 1.807) is 0 Å². The van der Waals surface area contributed by atoms with E-state index in [0.29, 0.717) is 6.04 Å². The molecule has 1 atom stereocenters. The van der Waals surface area contributed by atoms with Crippen LogP contribution in [-0.4, -0.2) is 6.54 Å². The van der Waals surface area contributed by atoms with E-state index >= 15 is 0 Å². The maximum atomic E-state index is 3.63. The van der Waals surface area contributed by atoms with Crippen LogP contribution in [0, 0.1) is 0 Å². The van der Waals surface area contributed by atoms with Crippen molar-refractivity contribution >= 4 is 0 Å². The number of hydrogen-bond acceptors (Lipinski definition) is 1. The van der Waals surface area contributed by atoms with Crippen LogP contribution in [0.4, 0.5) is 0 Å². The molecule has 1 N–H and O–H groups in total. The highest BCUT2D eigenvalue weighted by atomic mass is 14.9. The van der Waals surface area contributed by atoms with Gasteiger partial charge in [-0.2, -0.15) is 0 Å². The third kappa shape index (κ3) is 6.24. The van der Waals surface area contributed by atoms with Crippen LogP contribution < -0.4 is 5.32 Å². The molecule has 0 heterocycles. The summed E-state index contributed by atoms with van der Waals surface area (Å²) in [6.07, 6.45) is 9.08. The quantitative estimate of drug-likeness (QED) is 0.566. The number of nitrogens with one attached hydrogen (secondary N) is 1. The maximum absolute atomic E-state index is 3.63. The van der Waals surface area contributed by atoms with Gasteiger partial charge in [0.05, 0.1) is 0 Å². The normalized spacial score (nSPS) is 12.6. The van der Waals surface area contributed by atoms with E-state index in [1.165, 1.54) is 56.1 Å². The van der Waals surface area contributed by atoms with E-state index in [0.717, 1.165) is 6.54 Å². The van der Waals surface area contributed by atoms with Gasteiger partial charge >= 0.3 is 0 Å². The summed E-state index contributed by atoms with van der Waals surface area (Å²) in [6.45, 7) is 7.76. The van der Waals surface area contributed by atoms with Gasteiger partial charge in [-0.05, 0) is 30.5 Å². The molecule has 1 heteroatoms. The number of hydrogen-bond donors (Lipinski definition) is 1. The zero-order valence-electron chi connectivity index (χ0n) is 13.0. The Labute approximate surface area is 119 Å². The molecule has 0 amide bonds. The summed E-state index contributed by atoms with van der Waals surface area (Å²) in [5.41, 5.74) is 2.92. The van der Waals surface area contributed by atoms with Crippen molar-refractivity contribution in [1.82, 2.24) is 5.32 Å². The van der Waals surface area contributed by atoms with Gasteiger partial charge in [0.25, 0.3) is 0 Å². The van der Waals surface area contributed by atoms with Crippen molar-refractivity contribution in [3.8, 4) is 0 Å². The third-order valence-corrected chi connectivity index (χ3v) is 3.72. The Kier molecular flexibility index (Phi) is 8.57. The standard InChI is InChI=1S/C18H31N/c1-4-7-8-9-11-18(19-6-3)17-14-12-16(10-5-2)13-15-17/h12-15,18-19H,4-11H2,1-3H3. The summed E-state index contributed by atoms with van der Waals surface area (Å²) in [4.78, 5) is 0. The number of unbranched alkanes of at least 4 members (excludes halogenated alkanes) is 3. The van der Waals surface area contributed by atoms with Crippen LogP contribution >= 0.6 is 0 Å². The molecule has 0 fully saturated rings. The SMILES string of the molecule is CCCCCCC(NCC)c1ccc(CCC)cc1. The highest BCUT2D eigenvalue weighted by Gasteiger charge is 2.09. The molecule has 0 bridgehead atoms. The molecule has 19 heavy (non-hydrogen) atoms. The summed E-state index contributed by atoms with van der Waals surface area (Å²) in [7, 11) is 0. The van der Waals surface area contributed by atoms with Crippen LogP contribution in [-0.2, 0) is 6.42 Å². The van der Waals surface area contributed by atoms with Gasteiger partial charge in [0.15, 0.2) is 0 Å². The van der Waals surface area contributed by atoms with Crippen LogP contribution in [0.25, 0.3) is 0 Å². The zero-order chi connectivity index (χ0) is 13.9. The second kappa shape index (κ2) is 10.0. The summed E-state index contributed by atoms with van der Waals surface area (Å²) >= 11 is 0. The van der Waals surface area contributed by atoms with E-state index in [2.05, 4.69) is 50.4 Å². The highest BCUT2D eigenvalue weighted by Crippen LogP contribution is 2.21. The number of benzene rings is 1. The molecule has 1 aromatic rings. The van der Waals surface area contributed by atoms with E-state index in [4.69, 9.17) is 0 Å². The molecular weight excluding hydrogens is 230 g/mol. The molecule has 0 aliphatic rings. The molecule has 0 saturated heterocycles. The Bertz CT molecular complexity index is 315. The second-order valence-corrected chi connectivity index (χ2v) is 5.45. The van der Waals surface area contributed by atoms with Gasteiger partial charge < -0.3 is 5.32 Å². The summed E-state index contributed by atoms with van der Waals surface area (Å²) in [5, 5.41) is 3.63. The summed E-state index contributed by atoms with van der Waals surface area (Å²) in [5.74, 6) is 0. The van der Waals surface area contributed by atoms with Crippen molar-refractivity contribution in [2.24, 2.45) is 0 Å². The van der Waals surface area contributed by atoms with Gasteiger partial charge in [0.1, 0.15) is 0 Å². The fraction of sp³-hybridized carbons (Fsp3) is 0.667. The molecule has 1 aromatic carbocycles. The van der Waals surface area contributed by atoms with Gasteiger partial charge in [-0.15, -0.1) is 0 Å². The number of aryl methyl sites for hydroxylation is 1. The van der Waals surface area contributed by atoms with Crippen molar-refractivity contribution in [3.05, 3.63) is 35.4 Å². The van der Waals surface area contributed by atoms with Gasteiger partial charge in [0.2, 0.25) is 0 Å². The van der Waals surface area contributed by atoms with Crippen LogP contribution in [0.5, 0.6) is 0 Å². The fourth-order valence-electron chi connectivity index (χ4n) is 2.61.